The van der Waals surface area contributed by atoms with E-state index in [-0.39, 0.29) is 0 Å². The topological polar surface area (TPSA) is 30.5 Å². The molecule has 0 unspecified atom stereocenters. The molecule has 0 spiro atoms. The second kappa shape index (κ2) is 9.97. The standard InChI is InChI=1S/C23H23BrClNO2/c1-16-3-5-17(6-4-16)13-26-14-20-21(24)11-12-22(27-2)23(20)28-15-18-7-9-19(25)10-8-18/h3-12,26H,13-15H2,1-2H3. The van der Waals surface area contributed by atoms with E-state index in [0.29, 0.717) is 23.9 Å². The lowest BCUT2D eigenvalue weighted by atomic mass is 10.1. The summed E-state index contributed by atoms with van der Waals surface area (Å²) in [6.45, 7) is 3.96. The molecule has 0 bridgehead atoms. The first-order chi connectivity index (χ1) is 13.6. The summed E-state index contributed by atoms with van der Waals surface area (Å²) in [5.74, 6) is 1.45. The number of benzene rings is 3. The molecule has 0 radical (unpaired) electrons. The highest BCUT2D eigenvalue weighted by molar-refractivity contribution is 9.10. The summed E-state index contributed by atoms with van der Waals surface area (Å²) in [6, 6.07) is 20.1. The zero-order chi connectivity index (χ0) is 19.9. The highest BCUT2D eigenvalue weighted by Crippen LogP contribution is 2.37. The van der Waals surface area contributed by atoms with Crippen molar-refractivity contribution in [2.24, 2.45) is 0 Å². The van der Waals surface area contributed by atoms with E-state index in [4.69, 9.17) is 21.1 Å². The van der Waals surface area contributed by atoms with E-state index >= 15 is 0 Å². The largest absolute Gasteiger partial charge is 0.493 e. The molecule has 146 valence electrons. The van der Waals surface area contributed by atoms with Gasteiger partial charge in [0.2, 0.25) is 0 Å². The van der Waals surface area contributed by atoms with E-state index in [1.165, 1.54) is 11.1 Å². The highest BCUT2D eigenvalue weighted by Gasteiger charge is 2.15. The molecule has 0 aliphatic carbocycles. The Labute approximate surface area is 179 Å². The Balaban J connectivity index is 1.73. The molecule has 0 aliphatic rings. The first-order valence-corrected chi connectivity index (χ1v) is 10.2. The van der Waals surface area contributed by atoms with E-state index < -0.39 is 0 Å². The lowest BCUT2D eigenvalue weighted by Gasteiger charge is -2.17. The van der Waals surface area contributed by atoms with Gasteiger partial charge in [-0.05, 0) is 42.3 Å². The van der Waals surface area contributed by atoms with Crippen molar-refractivity contribution in [2.45, 2.75) is 26.6 Å². The maximum atomic E-state index is 6.15. The summed E-state index contributed by atoms with van der Waals surface area (Å²) in [5, 5.41) is 4.21. The number of halogens is 2. The zero-order valence-corrected chi connectivity index (χ0v) is 18.3. The Morgan fingerprint density at radius 2 is 1.57 bits per heavy atom. The van der Waals surface area contributed by atoms with Crippen molar-refractivity contribution in [3.63, 3.8) is 0 Å². The fourth-order valence-corrected chi connectivity index (χ4v) is 3.42. The molecule has 0 aliphatic heterocycles. The van der Waals surface area contributed by atoms with Gasteiger partial charge in [-0.15, -0.1) is 0 Å². The number of nitrogens with one attached hydrogen (secondary N) is 1. The van der Waals surface area contributed by atoms with Gasteiger partial charge in [0.05, 0.1) is 7.11 Å². The monoisotopic (exact) mass is 459 g/mol. The minimum atomic E-state index is 0.439. The van der Waals surface area contributed by atoms with Gasteiger partial charge < -0.3 is 14.8 Å². The van der Waals surface area contributed by atoms with E-state index in [1.54, 1.807) is 7.11 Å². The van der Waals surface area contributed by atoms with Gasteiger partial charge in [0.25, 0.3) is 0 Å². The quantitative estimate of drug-likeness (QED) is 0.428. The lowest BCUT2D eigenvalue weighted by molar-refractivity contribution is 0.280. The lowest BCUT2D eigenvalue weighted by Crippen LogP contribution is -2.14. The van der Waals surface area contributed by atoms with Gasteiger partial charge in [-0.1, -0.05) is 69.5 Å². The van der Waals surface area contributed by atoms with Crippen LogP contribution >= 0.6 is 27.5 Å². The van der Waals surface area contributed by atoms with Gasteiger partial charge >= 0.3 is 0 Å². The van der Waals surface area contributed by atoms with Crippen LogP contribution in [0.15, 0.2) is 65.1 Å². The van der Waals surface area contributed by atoms with Crippen molar-refractivity contribution in [3.8, 4) is 11.5 Å². The van der Waals surface area contributed by atoms with Gasteiger partial charge in [0.1, 0.15) is 6.61 Å². The Kier molecular flexibility index (Phi) is 7.37. The summed E-state index contributed by atoms with van der Waals surface area (Å²) in [4.78, 5) is 0. The third-order valence-corrected chi connectivity index (χ3v) is 5.43. The Hall–Kier alpha value is -2.01. The van der Waals surface area contributed by atoms with Gasteiger partial charge in [-0.3, -0.25) is 0 Å². The maximum absolute atomic E-state index is 6.15. The molecule has 0 atom stereocenters. The van der Waals surface area contributed by atoms with Crippen molar-refractivity contribution in [1.82, 2.24) is 5.32 Å². The predicted molar refractivity (Wildman–Crippen MR) is 118 cm³/mol. The predicted octanol–water partition coefficient (Wildman–Crippen LogP) is 6.29. The number of rotatable bonds is 8. The average molecular weight is 461 g/mol. The van der Waals surface area contributed by atoms with Gasteiger partial charge in [0, 0.05) is 28.1 Å². The second-order valence-electron chi connectivity index (χ2n) is 6.56. The molecular formula is C23H23BrClNO2. The first-order valence-electron chi connectivity index (χ1n) is 9.05. The number of hydrogen-bond acceptors (Lipinski definition) is 3. The fourth-order valence-electron chi connectivity index (χ4n) is 2.84. The molecule has 0 saturated heterocycles. The number of methoxy groups -OCH3 is 1. The molecule has 3 aromatic carbocycles. The molecule has 0 saturated carbocycles. The number of ether oxygens (including phenoxy) is 2. The molecule has 5 heteroatoms. The second-order valence-corrected chi connectivity index (χ2v) is 7.85. The van der Waals surface area contributed by atoms with E-state index in [0.717, 1.165) is 27.9 Å². The Morgan fingerprint density at radius 1 is 0.893 bits per heavy atom. The Bertz CT molecular complexity index is 911. The molecule has 0 fully saturated rings. The van der Waals surface area contributed by atoms with Crippen molar-refractivity contribution in [3.05, 3.63) is 92.4 Å². The maximum Gasteiger partial charge on any atom is 0.167 e. The molecule has 3 aromatic rings. The highest BCUT2D eigenvalue weighted by atomic mass is 79.9. The average Bonchev–Trinajstić information content (AvgIpc) is 2.70. The van der Waals surface area contributed by atoms with Crippen LogP contribution in [-0.2, 0) is 19.7 Å². The van der Waals surface area contributed by atoms with Crippen LogP contribution in [-0.4, -0.2) is 7.11 Å². The van der Waals surface area contributed by atoms with E-state index in [2.05, 4.69) is 52.4 Å². The van der Waals surface area contributed by atoms with Crippen LogP contribution < -0.4 is 14.8 Å². The molecule has 1 N–H and O–H groups in total. The van der Waals surface area contributed by atoms with Crippen LogP contribution in [0, 0.1) is 6.92 Å². The van der Waals surface area contributed by atoms with Gasteiger partial charge in [-0.25, -0.2) is 0 Å². The number of aryl methyl sites for hydroxylation is 1. The summed E-state index contributed by atoms with van der Waals surface area (Å²) in [7, 11) is 1.65. The van der Waals surface area contributed by atoms with Crippen molar-refractivity contribution >= 4 is 27.5 Å². The third-order valence-electron chi connectivity index (χ3n) is 4.44. The molecule has 0 heterocycles. The molecule has 0 amide bonds. The van der Waals surface area contributed by atoms with E-state index in [1.807, 2.05) is 36.4 Å². The van der Waals surface area contributed by atoms with Crippen LogP contribution in [0.4, 0.5) is 0 Å². The van der Waals surface area contributed by atoms with Crippen LogP contribution in [0.5, 0.6) is 11.5 Å². The van der Waals surface area contributed by atoms with Crippen molar-refractivity contribution in [1.29, 1.82) is 0 Å². The number of hydrogen-bond donors (Lipinski definition) is 1. The third kappa shape index (κ3) is 5.51. The molecular weight excluding hydrogens is 438 g/mol. The summed E-state index contributed by atoms with van der Waals surface area (Å²) < 4.78 is 12.7. The zero-order valence-electron chi connectivity index (χ0n) is 16.0. The smallest absolute Gasteiger partial charge is 0.167 e. The molecule has 3 nitrogen and oxygen atoms in total. The fraction of sp³-hybridized carbons (Fsp3) is 0.217. The summed E-state index contributed by atoms with van der Waals surface area (Å²) in [5.41, 5.74) is 4.58. The Morgan fingerprint density at radius 3 is 2.25 bits per heavy atom. The van der Waals surface area contributed by atoms with Gasteiger partial charge in [-0.2, -0.15) is 0 Å². The normalized spacial score (nSPS) is 10.7. The van der Waals surface area contributed by atoms with Crippen LogP contribution in [0.3, 0.4) is 0 Å². The van der Waals surface area contributed by atoms with Gasteiger partial charge in [0.15, 0.2) is 11.5 Å². The SMILES string of the molecule is COc1ccc(Br)c(CNCc2ccc(C)cc2)c1OCc1ccc(Cl)cc1. The summed E-state index contributed by atoms with van der Waals surface area (Å²) in [6.07, 6.45) is 0. The molecule has 0 aromatic heterocycles. The summed E-state index contributed by atoms with van der Waals surface area (Å²) >= 11 is 9.61. The molecule has 28 heavy (non-hydrogen) atoms. The minimum absolute atomic E-state index is 0.439. The minimum Gasteiger partial charge on any atom is -0.493 e. The first kappa shape index (κ1) is 20.7. The van der Waals surface area contributed by atoms with Crippen LogP contribution in [0.1, 0.15) is 22.3 Å². The van der Waals surface area contributed by atoms with Crippen molar-refractivity contribution < 1.29 is 9.47 Å². The van der Waals surface area contributed by atoms with Crippen LogP contribution in [0.25, 0.3) is 0 Å². The van der Waals surface area contributed by atoms with E-state index in [9.17, 15) is 0 Å². The molecule has 3 rings (SSSR count). The van der Waals surface area contributed by atoms with Crippen molar-refractivity contribution in [2.75, 3.05) is 7.11 Å². The van der Waals surface area contributed by atoms with Crippen LogP contribution in [0.2, 0.25) is 5.02 Å².